The Morgan fingerprint density at radius 1 is 1.17 bits per heavy atom. The number of aromatic nitrogens is 2. The van der Waals surface area contributed by atoms with Gasteiger partial charge in [-0.05, 0) is 43.7 Å². The Balaban J connectivity index is 1.63. The van der Waals surface area contributed by atoms with E-state index in [0.717, 1.165) is 38.3 Å². The van der Waals surface area contributed by atoms with Crippen LogP contribution in [-0.2, 0) is 4.79 Å². The first-order valence-electron chi connectivity index (χ1n) is 8.36. The number of carbonyl (C=O) groups excluding carboxylic acids is 1. The first kappa shape index (κ1) is 16.4. The molecule has 2 aromatic rings. The van der Waals surface area contributed by atoms with Crippen molar-refractivity contribution in [3.63, 3.8) is 0 Å². The predicted octanol–water partition coefficient (Wildman–Crippen LogP) is 2.19. The van der Waals surface area contributed by atoms with E-state index in [4.69, 9.17) is 4.74 Å². The van der Waals surface area contributed by atoms with E-state index in [1.54, 1.807) is 18.0 Å². The summed E-state index contributed by atoms with van der Waals surface area (Å²) in [6.07, 6.45) is 4.51. The third kappa shape index (κ3) is 3.53. The molecule has 1 unspecified atom stereocenters. The molecule has 1 aromatic carbocycles. The van der Waals surface area contributed by atoms with Crippen LogP contribution in [0.3, 0.4) is 0 Å². The third-order valence-corrected chi connectivity index (χ3v) is 4.52. The van der Waals surface area contributed by atoms with Crippen LogP contribution in [0.4, 0.5) is 5.69 Å². The van der Waals surface area contributed by atoms with Gasteiger partial charge in [-0.25, -0.2) is 0 Å². The van der Waals surface area contributed by atoms with Crippen LogP contribution in [0.2, 0.25) is 0 Å². The molecule has 3 rings (SSSR count). The van der Waals surface area contributed by atoms with Crippen molar-refractivity contribution in [1.82, 2.24) is 14.7 Å². The van der Waals surface area contributed by atoms with E-state index in [1.807, 2.05) is 36.2 Å². The average Bonchev–Trinajstić information content (AvgIpc) is 3.05. The topological polar surface area (TPSA) is 50.6 Å². The molecule has 1 aliphatic heterocycles. The zero-order valence-corrected chi connectivity index (χ0v) is 14.3. The van der Waals surface area contributed by atoms with Crippen molar-refractivity contribution in [1.29, 1.82) is 0 Å². The van der Waals surface area contributed by atoms with E-state index in [9.17, 15) is 4.79 Å². The van der Waals surface area contributed by atoms with Crippen molar-refractivity contribution < 1.29 is 9.53 Å². The van der Waals surface area contributed by atoms with Crippen LogP contribution in [0.25, 0.3) is 0 Å². The molecule has 128 valence electrons. The summed E-state index contributed by atoms with van der Waals surface area (Å²) in [5, 5.41) is 4.18. The molecular formula is C18H24N4O2. The quantitative estimate of drug-likeness (QED) is 0.863. The Morgan fingerprint density at radius 3 is 2.62 bits per heavy atom. The standard InChI is InChI=1S/C18H24N4O2/c1-15(22-12-3-9-19-22)18(23)21-11-4-10-20(13-14-21)16-5-7-17(24-2)8-6-16/h3,5-9,12,15H,4,10-11,13-14H2,1-2H3. The Labute approximate surface area is 142 Å². The van der Waals surface area contributed by atoms with Crippen LogP contribution in [0.1, 0.15) is 19.4 Å². The zero-order chi connectivity index (χ0) is 16.9. The van der Waals surface area contributed by atoms with E-state index in [2.05, 4.69) is 22.1 Å². The van der Waals surface area contributed by atoms with Crippen LogP contribution in [0, 0.1) is 0 Å². The van der Waals surface area contributed by atoms with Crippen molar-refractivity contribution in [2.45, 2.75) is 19.4 Å². The molecule has 1 amide bonds. The molecular weight excluding hydrogens is 304 g/mol. The number of nitrogens with zero attached hydrogens (tertiary/aromatic N) is 4. The molecule has 0 radical (unpaired) electrons. The number of methoxy groups -OCH3 is 1. The lowest BCUT2D eigenvalue weighted by Crippen LogP contribution is -2.39. The third-order valence-electron chi connectivity index (χ3n) is 4.52. The van der Waals surface area contributed by atoms with Crippen LogP contribution < -0.4 is 9.64 Å². The second kappa shape index (κ2) is 7.38. The van der Waals surface area contributed by atoms with E-state index < -0.39 is 0 Å². The molecule has 6 heteroatoms. The van der Waals surface area contributed by atoms with Crippen LogP contribution in [-0.4, -0.2) is 53.9 Å². The summed E-state index contributed by atoms with van der Waals surface area (Å²) in [4.78, 5) is 17.0. The minimum Gasteiger partial charge on any atom is -0.497 e. The number of hydrogen-bond donors (Lipinski definition) is 0. The second-order valence-corrected chi connectivity index (χ2v) is 6.03. The van der Waals surface area contributed by atoms with Gasteiger partial charge in [-0.1, -0.05) is 0 Å². The van der Waals surface area contributed by atoms with Gasteiger partial charge in [0.2, 0.25) is 5.91 Å². The number of amides is 1. The van der Waals surface area contributed by atoms with Gasteiger partial charge in [0.15, 0.2) is 0 Å². The van der Waals surface area contributed by atoms with E-state index >= 15 is 0 Å². The molecule has 24 heavy (non-hydrogen) atoms. The number of anilines is 1. The largest absolute Gasteiger partial charge is 0.497 e. The maximum Gasteiger partial charge on any atom is 0.247 e. The highest BCUT2D eigenvalue weighted by atomic mass is 16.5. The van der Waals surface area contributed by atoms with Gasteiger partial charge in [-0.2, -0.15) is 5.10 Å². The highest BCUT2D eigenvalue weighted by Crippen LogP contribution is 2.21. The van der Waals surface area contributed by atoms with E-state index in [1.165, 1.54) is 5.69 Å². The van der Waals surface area contributed by atoms with Crippen molar-refractivity contribution in [3.8, 4) is 5.75 Å². The first-order valence-corrected chi connectivity index (χ1v) is 8.36. The van der Waals surface area contributed by atoms with Gasteiger partial charge in [-0.3, -0.25) is 9.48 Å². The number of ether oxygens (including phenoxy) is 1. The lowest BCUT2D eigenvalue weighted by molar-refractivity contribution is -0.134. The fraction of sp³-hybridized carbons (Fsp3) is 0.444. The molecule has 1 atom stereocenters. The van der Waals surface area contributed by atoms with Crippen LogP contribution in [0.15, 0.2) is 42.7 Å². The molecule has 6 nitrogen and oxygen atoms in total. The number of rotatable bonds is 4. The van der Waals surface area contributed by atoms with Gasteiger partial charge >= 0.3 is 0 Å². The summed E-state index contributed by atoms with van der Waals surface area (Å²) in [5.41, 5.74) is 1.17. The lowest BCUT2D eigenvalue weighted by Gasteiger charge is -2.25. The molecule has 1 aliphatic rings. The van der Waals surface area contributed by atoms with Gasteiger partial charge in [0.05, 0.1) is 7.11 Å². The summed E-state index contributed by atoms with van der Waals surface area (Å²) >= 11 is 0. The Bertz CT molecular complexity index is 654. The van der Waals surface area contributed by atoms with Crippen LogP contribution >= 0.6 is 0 Å². The summed E-state index contributed by atoms with van der Waals surface area (Å²) in [7, 11) is 1.67. The molecule has 1 fully saturated rings. The second-order valence-electron chi connectivity index (χ2n) is 6.03. The number of benzene rings is 1. The van der Waals surface area contributed by atoms with Gasteiger partial charge in [0.25, 0.3) is 0 Å². The Hall–Kier alpha value is -2.50. The molecule has 0 saturated carbocycles. The molecule has 0 N–H and O–H groups in total. The van der Waals surface area contributed by atoms with Crippen molar-refractivity contribution >= 4 is 11.6 Å². The minimum atomic E-state index is -0.257. The molecule has 1 saturated heterocycles. The molecule has 0 spiro atoms. The summed E-state index contributed by atoms with van der Waals surface area (Å²) in [5.74, 6) is 0.994. The van der Waals surface area contributed by atoms with Gasteiger partial charge in [-0.15, -0.1) is 0 Å². The fourth-order valence-electron chi connectivity index (χ4n) is 3.08. The van der Waals surface area contributed by atoms with E-state index in [0.29, 0.717) is 0 Å². The highest BCUT2D eigenvalue weighted by molar-refractivity contribution is 5.80. The van der Waals surface area contributed by atoms with Gasteiger partial charge < -0.3 is 14.5 Å². The predicted molar refractivity (Wildman–Crippen MR) is 93.3 cm³/mol. The lowest BCUT2D eigenvalue weighted by atomic mass is 10.2. The Morgan fingerprint density at radius 2 is 1.96 bits per heavy atom. The summed E-state index contributed by atoms with van der Waals surface area (Å²) in [6, 6.07) is 9.68. The smallest absolute Gasteiger partial charge is 0.247 e. The zero-order valence-electron chi connectivity index (χ0n) is 14.3. The maximum atomic E-state index is 12.7. The van der Waals surface area contributed by atoms with Crippen molar-refractivity contribution in [2.75, 3.05) is 38.2 Å². The van der Waals surface area contributed by atoms with Crippen molar-refractivity contribution in [2.24, 2.45) is 0 Å². The molecule has 2 heterocycles. The van der Waals surface area contributed by atoms with Crippen LogP contribution in [0.5, 0.6) is 5.75 Å². The van der Waals surface area contributed by atoms with Gasteiger partial charge in [0, 0.05) is 44.3 Å². The normalized spacial score (nSPS) is 16.6. The maximum absolute atomic E-state index is 12.7. The molecule has 1 aromatic heterocycles. The van der Waals surface area contributed by atoms with Gasteiger partial charge in [0.1, 0.15) is 11.8 Å². The number of hydrogen-bond acceptors (Lipinski definition) is 4. The minimum absolute atomic E-state index is 0.135. The summed E-state index contributed by atoms with van der Waals surface area (Å²) in [6.45, 7) is 5.21. The summed E-state index contributed by atoms with van der Waals surface area (Å²) < 4.78 is 6.93. The number of carbonyl (C=O) groups is 1. The first-order chi connectivity index (χ1) is 11.7. The van der Waals surface area contributed by atoms with E-state index in [-0.39, 0.29) is 11.9 Å². The average molecular weight is 328 g/mol. The Kier molecular flexibility index (Phi) is 5.03. The van der Waals surface area contributed by atoms with Crippen molar-refractivity contribution in [3.05, 3.63) is 42.7 Å². The SMILES string of the molecule is COc1ccc(N2CCCN(C(=O)C(C)n3cccn3)CC2)cc1. The fourth-order valence-corrected chi connectivity index (χ4v) is 3.08. The molecule has 0 aliphatic carbocycles. The monoisotopic (exact) mass is 328 g/mol. The molecule has 0 bridgehead atoms. The highest BCUT2D eigenvalue weighted by Gasteiger charge is 2.24.